The van der Waals surface area contributed by atoms with E-state index in [1.807, 2.05) is 25.8 Å². The van der Waals surface area contributed by atoms with Crippen LogP contribution < -0.4 is 5.73 Å². The minimum Gasteiger partial charge on any atom is -0.378 e. The number of amides is 1. The van der Waals surface area contributed by atoms with Gasteiger partial charge in [-0.25, -0.2) is 0 Å². The van der Waals surface area contributed by atoms with Crippen LogP contribution in [0.1, 0.15) is 52.9 Å². The molecule has 2 N–H and O–H groups in total. The van der Waals surface area contributed by atoms with Gasteiger partial charge in [-0.2, -0.15) is 0 Å². The molecule has 0 aromatic heterocycles. The summed E-state index contributed by atoms with van der Waals surface area (Å²) in [5, 5.41) is 0. The van der Waals surface area contributed by atoms with Gasteiger partial charge >= 0.3 is 0 Å². The maximum absolute atomic E-state index is 12.5. The van der Waals surface area contributed by atoms with Gasteiger partial charge in [0.05, 0.1) is 12.0 Å². The molecule has 2 rings (SSSR count). The average Bonchev–Trinajstić information content (AvgIpc) is 2.92. The van der Waals surface area contributed by atoms with Crippen LogP contribution in [0.4, 0.5) is 0 Å². The number of nitrogens with zero attached hydrogens (tertiary/aromatic N) is 1. The van der Waals surface area contributed by atoms with Gasteiger partial charge in [-0.3, -0.25) is 4.79 Å². The Morgan fingerprint density at radius 3 is 2.43 bits per heavy atom. The quantitative estimate of drug-likeness (QED) is 0.847. The van der Waals surface area contributed by atoms with Crippen LogP contribution in [-0.4, -0.2) is 42.6 Å². The van der Waals surface area contributed by atoms with E-state index in [1.165, 1.54) is 25.7 Å². The molecular weight excluding hydrogens is 288 g/mol. The molecule has 2 aliphatic rings. The zero-order chi connectivity index (χ0) is 14.9. The Kier molecular flexibility index (Phi) is 6.51. The molecule has 1 spiro atoms. The molecule has 0 aromatic carbocycles. The summed E-state index contributed by atoms with van der Waals surface area (Å²) >= 11 is 0. The zero-order valence-electron chi connectivity index (χ0n) is 13.8. The maximum atomic E-state index is 12.5. The van der Waals surface area contributed by atoms with Crippen LogP contribution in [0.5, 0.6) is 0 Å². The van der Waals surface area contributed by atoms with Crippen molar-refractivity contribution in [2.24, 2.45) is 17.1 Å². The molecule has 4 unspecified atom stereocenters. The topological polar surface area (TPSA) is 55.6 Å². The highest BCUT2D eigenvalue weighted by molar-refractivity contribution is 5.85. The lowest BCUT2D eigenvalue weighted by atomic mass is 9.60. The number of carbonyl (C=O) groups excluding carboxylic acids is 1. The van der Waals surface area contributed by atoms with E-state index in [0.717, 1.165) is 13.0 Å². The summed E-state index contributed by atoms with van der Waals surface area (Å²) in [5.74, 6) is 0.0795. The molecule has 4 atom stereocenters. The first-order valence-electron chi connectivity index (χ1n) is 8.08. The second-order valence-electron chi connectivity index (χ2n) is 6.73. The van der Waals surface area contributed by atoms with Crippen molar-refractivity contribution in [3.05, 3.63) is 0 Å². The van der Waals surface area contributed by atoms with Crippen molar-refractivity contribution in [1.29, 1.82) is 0 Å². The number of halogens is 1. The van der Waals surface area contributed by atoms with Crippen LogP contribution in [0.3, 0.4) is 0 Å². The van der Waals surface area contributed by atoms with Gasteiger partial charge in [0, 0.05) is 31.2 Å². The second kappa shape index (κ2) is 7.30. The Balaban J connectivity index is 0.00000220. The molecule has 0 saturated heterocycles. The van der Waals surface area contributed by atoms with Crippen LogP contribution in [0.2, 0.25) is 0 Å². The van der Waals surface area contributed by atoms with Crippen molar-refractivity contribution in [1.82, 2.24) is 4.90 Å². The predicted molar refractivity (Wildman–Crippen MR) is 87.6 cm³/mol. The van der Waals surface area contributed by atoms with E-state index >= 15 is 0 Å². The monoisotopic (exact) mass is 318 g/mol. The van der Waals surface area contributed by atoms with E-state index in [2.05, 4.69) is 6.92 Å². The van der Waals surface area contributed by atoms with E-state index in [1.54, 1.807) is 0 Å². The lowest BCUT2D eigenvalue weighted by molar-refractivity contribution is -0.174. The Bertz CT molecular complexity index is 356. The molecule has 5 heteroatoms. The third-order valence-corrected chi connectivity index (χ3v) is 5.64. The standard InChI is InChI=1S/C16H30N2O2.ClH/c1-5-20-14-10-13(16(14)8-6-7-9-16)18(4)15(19)11(2)12(3)17;/h11-14H,5-10,17H2,1-4H3;1H. The molecule has 2 saturated carbocycles. The SMILES string of the molecule is CCOC1CC(N(C)C(=O)C(C)C(C)N)C12CCCC2.Cl. The van der Waals surface area contributed by atoms with Gasteiger partial charge in [0.15, 0.2) is 0 Å². The Morgan fingerprint density at radius 2 is 1.95 bits per heavy atom. The summed E-state index contributed by atoms with van der Waals surface area (Å²) in [6.07, 6.45) is 6.28. The zero-order valence-corrected chi connectivity index (χ0v) is 14.6. The average molecular weight is 319 g/mol. The van der Waals surface area contributed by atoms with Gasteiger partial charge in [0.2, 0.25) is 5.91 Å². The summed E-state index contributed by atoms with van der Waals surface area (Å²) in [4.78, 5) is 14.5. The van der Waals surface area contributed by atoms with Crippen molar-refractivity contribution < 1.29 is 9.53 Å². The molecule has 1 amide bonds. The highest BCUT2D eigenvalue weighted by atomic mass is 35.5. The summed E-state index contributed by atoms with van der Waals surface area (Å²) in [7, 11) is 1.95. The lowest BCUT2D eigenvalue weighted by Crippen LogP contribution is -2.64. The van der Waals surface area contributed by atoms with E-state index in [4.69, 9.17) is 10.5 Å². The van der Waals surface area contributed by atoms with Gasteiger partial charge in [0.25, 0.3) is 0 Å². The third kappa shape index (κ3) is 3.22. The Morgan fingerprint density at radius 1 is 1.38 bits per heavy atom. The fraction of sp³-hybridized carbons (Fsp3) is 0.938. The fourth-order valence-corrected chi connectivity index (χ4v) is 4.09. The van der Waals surface area contributed by atoms with Crippen LogP contribution in [0, 0.1) is 11.3 Å². The number of rotatable bonds is 5. The minimum atomic E-state index is -0.107. The molecule has 0 aliphatic heterocycles. The number of nitrogens with two attached hydrogens (primary N) is 1. The van der Waals surface area contributed by atoms with Crippen molar-refractivity contribution in [3.63, 3.8) is 0 Å². The normalized spacial score (nSPS) is 29.4. The van der Waals surface area contributed by atoms with Crippen molar-refractivity contribution in [2.75, 3.05) is 13.7 Å². The molecule has 0 bridgehead atoms. The third-order valence-electron chi connectivity index (χ3n) is 5.64. The van der Waals surface area contributed by atoms with Gasteiger partial charge in [-0.15, -0.1) is 12.4 Å². The molecule has 0 heterocycles. The molecule has 0 aromatic rings. The molecule has 124 valence electrons. The number of hydrogen-bond donors (Lipinski definition) is 1. The van der Waals surface area contributed by atoms with Gasteiger partial charge in [-0.1, -0.05) is 19.8 Å². The Hall–Kier alpha value is -0.320. The van der Waals surface area contributed by atoms with E-state index in [9.17, 15) is 4.79 Å². The molecular formula is C16H31ClN2O2. The fourth-order valence-electron chi connectivity index (χ4n) is 4.09. The first-order chi connectivity index (χ1) is 9.44. The summed E-state index contributed by atoms with van der Waals surface area (Å²) in [6, 6.07) is 0.252. The van der Waals surface area contributed by atoms with Crippen LogP contribution in [-0.2, 0) is 9.53 Å². The molecule has 2 fully saturated rings. The van der Waals surface area contributed by atoms with Crippen molar-refractivity contribution >= 4 is 18.3 Å². The van der Waals surface area contributed by atoms with Crippen LogP contribution >= 0.6 is 12.4 Å². The van der Waals surface area contributed by atoms with Gasteiger partial charge in [-0.05, 0) is 33.1 Å². The summed E-state index contributed by atoms with van der Waals surface area (Å²) < 4.78 is 5.92. The number of carbonyl (C=O) groups is 1. The number of ether oxygens (including phenoxy) is 1. The highest BCUT2D eigenvalue weighted by Gasteiger charge is 2.58. The van der Waals surface area contributed by atoms with E-state index in [-0.39, 0.29) is 35.7 Å². The number of hydrogen-bond acceptors (Lipinski definition) is 3. The van der Waals surface area contributed by atoms with E-state index < -0.39 is 0 Å². The van der Waals surface area contributed by atoms with Crippen molar-refractivity contribution in [3.8, 4) is 0 Å². The maximum Gasteiger partial charge on any atom is 0.226 e. The largest absolute Gasteiger partial charge is 0.378 e. The molecule has 21 heavy (non-hydrogen) atoms. The summed E-state index contributed by atoms with van der Waals surface area (Å²) in [6.45, 7) is 6.67. The van der Waals surface area contributed by atoms with Crippen molar-refractivity contribution in [2.45, 2.75) is 71.1 Å². The van der Waals surface area contributed by atoms with Gasteiger partial charge in [0.1, 0.15) is 0 Å². The Labute approximate surface area is 135 Å². The van der Waals surface area contributed by atoms with Crippen LogP contribution in [0.15, 0.2) is 0 Å². The van der Waals surface area contributed by atoms with Crippen LogP contribution in [0.25, 0.3) is 0 Å². The smallest absolute Gasteiger partial charge is 0.226 e. The lowest BCUT2D eigenvalue weighted by Gasteiger charge is -2.57. The predicted octanol–water partition coefficient (Wildman–Crippen LogP) is 2.59. The first-order valence-corrected chi connectivity index (χ1v) is 8.08. The molecule has 2 aliphatic carbocycles. The summed E-state index contributed by atoms with van der Waals surface area (Å²) in [5.41, 5.74) is 6.10. The minimum absolute atomic E-state index is 0. The molecule has 0 radical (unpaired) electrons. The van der Waals surface area contributed by atoms with Gasteiger partial charge < -0.3 is 15.4 Å². The first kappa shape index (κ1) is 18.7. The highest BCUT2D eigenvalue weighted by Crippen LogP contribution is 2.56. The van der Waals surface area contributed by atoms with E-state index in [0.29, 0.717) is 12.1 Å². The molecule has 4 nitrogen and oxygen atoms in total. The second-order valence-corrected chi connectivity index (χ2v) is 6.73.